The third kappa shape index (κ3) is 5.50. The molecule has 0 saturated heterocycles. The molecule has 1 aliphatic carbocycles. The van der Waals surface area contributed by atoms with Crippen LogP contribution in [0.15, 0.2) is 0 Å². The van der Waals surface area contributed by atoms with E-state index in [-0.39, 0.29) is 0 Å². The maximum absolute atomic E-state index is 5.47. The molecule has 1 saturated carbocycles. The Hall–Kier alpha value is 0.210. The molecule has 3 heteroatoms. The summed E-state index contributed by atoms with van der Waals surface area (Å²) in [6, 6.07) is 0. The minimum absolute atomic E-state index is 0.600. The van der Waals surface area contributed by atoms with E-state index in [1.165, 1.54) is 32.2 Å². The van der Waals surface area contributed by atoms with Crippen molar-refractivity contribution in [1.82, 2.24) is 5.32 Å². The molecule has 0 aliphatic heterocycles. The van der Waals surface area contributed by atoms with Crippen molar-refractivity contribution in [2.45, 2.75) is 25.7 Å². The predicted molar refractivity (Wildman–Crippen MR) is 56.4 cm³/mol. The summed E-state index contributed by atoms with van der Waals surface area (Å²) >= 11 is 5.47. The monoisotopic (exact) mass is 205 g/mol. The Bertz CT molecular complexity index is 115. The van der Waals surface area contributed by atoms with Gasteiger partial charge in [-0.3, -0.25) is 0 Å². The predicted octanol–water partition coefficient (Wildman–Crippen LogP) is 2.02. The van der Waals surface area contributed by atoms with Crippen LogP contribution in [0.4, 0.5) is 0 Å². The average molecular weight is 206 g/mol. The van der Waals surface area contributed by atoms with Crippen LogP contribution in [0.25, 0.3) is 0 Å². The van der Waals surface area contributed by atoms with E-state index in [0.29, 0.717) is 12.5 Å². The van der Waals surface area contributed by atoms with Crippen molar-refractivity contribution in [3.05, 3.63) is 0 Å². The van der Waals surface area contributed by atoms with Crippen LogP contribution >= 0.6 is 11.6 Å². The van der Waals surface area contributed by atoms with Crippen molar-refractivity contribution in [2.75, 3.05) is 32.2 Å². The lowest BCUT2D eigenvalue weighted by Crippen LogP contribution is -2.25. The lowest BCUT2D eigenvalue weighted by atomic mass is 10.1. The molecule has 1 N–H and O–H groups in total. The highest BCUT2D eigenvalue weighted by Crippen LogP contribution is 2.23. The van der Waals surface area contributed by atoms with Gasteiger partial charge < -0.3 is 10.1 Å². The number of hydrogen-bond acceptors (Lipinski definition) is 2. The Morgan fingerprint density at radius 3 is 2.69 bits per heavy atom. The van der Waals surface area contributed by atoms with Gasteiger partial charge >= 0.3 is 0 Å². The molecule has 78 valence electrons. The van der Waals surface area contributed by atoms with Crippen LogP contribution in [-0.4, -0.2) is 32.2 Å². The molecule has 0 spiro atoms. The Labute approximate surface area is 86.0 Å². The fourth-order valence-corrected chi connectivity index (χ4v) is 1.93. The summed E-state index contributed by atoms with van der Waals surface area (Å²) in [6.07, 6.45) is 5.68. The van der Waals surface area contributed by atoms with Gasteiger partial charge in [-0.05, 0) is 25.3 Å². The molecule has 0 aromatic carbocycles. The number of hydrogen-bond donors (Lipinski definition) is 1. The van der Waals surface area contributed by atoms with E-state index >= 15 is 0 Å². The molecule has 0 aromatic rings. The Morgan fingerprint density at radius 2 is 2.00 bits per heavy atom. The highest BCUT2D eigenvalue weighted by molar-refractivity contribution is 6.17. The molecule has 0 aromatic heterocycles. The van der Waals surface area contributed by atoms with Crippen LogP contribution in [0.3, 0.4) is 0 Å². The van der Waals surface area contributed by atoms with Crippen LogP contribution < -0.4 is 5.32 Å². The summed E-state index contributed by atoms with van der Waals surface area (Å²) in [5.41, 5.74) is 0. The van der Waals surface area contributed by atoms with Crippen LogP contribution in [0.1, 0.15) is 25.7 Å². The molecule has 1 rings (SSSR count). The maximum atomic E-state index is 5.47. The molecule has 0 heterocycles. The van der Waals surface area contributed by atoms with Crippen molar-refractivity contribution in [1.29, 1.82) is 0 Å². The van der Waals surface area contributed by atoms with Gasteiger partial charge in [0.05, 0.1) is 13.2 Å². The summed E-state index contributed by atoms with van der Waals surface area (Å²) in [6.45, 7) is 3.60. The third-order valence-corrected chi connectivity index (χ3v) is 2.71. The zero-order valence-electron chi connectivity index (χ0n) is 8.23. The van der Waals surface area contributed by atoms with Gasteiger partial charge in [-0.15, -0.1) is 11.6 Å². The first-order valence-electron chi connectivity index (χ1n) is 5.28. The van der Waals surface area contributed by atoms with E-state index in [0.717, 1.165) is 19.1 Å². The van der Waals surface area contributed by atoms with E-state index in [1.807, 2.05) is 0 Å². The summed E-state index contributed by atoms with van der Waals surface area (Å²) in [5.74, 6) is 1.52. The van der Waals surface area contributed by atoms with E-state index in [9.17, 15) is 0 Å². The molecule has 2 nitrogen and oxygen atoms in total. The largest absolute Gasteiger partial charge is 0.379 e. The standard InChI is InChI=1S/C10H20ClNO/c11-5-7-13-8-6-12-9-10-3-1-2-4-10/h10,12H,1-9H2. The molecular weight excluding hydrogens is 186 g/mol. The van der Waals surface area contributed by atoms with E-state index in [1.54, 1.807) is 0 Å². The Balaban J connectivity index is 1.78. The van der Waals surface area contributed by atoms with Gasteiger partial charge in [0.25, 0.3) is 0 Å². The second-order valence-electron chi connectivity index (χ2n) is 3.66. The van der Waals surface area contributed by atoms with Gasteiger partial charge in [0.1, 0.15) is 0 Å². The van der Waals surface area contributed by atoms with Gasteiger partial charge in [0.15, 0.2) is 0 Å². The van der Waals surface area contributed by atoms with Crippen molar-refractivity contribution < 1.29 is 4.74 Å². The van der Waals surface area contributed by atoms with Crippen LogP contribution in [0.2, 0.25) is 0 Å². The van der Waals surface area contributed by atoms with Crippen molar-refractivity contribution in [3.8, 4) is 0 Å². The minimum atomic E-state index is 0.600. The van der Waals surface area contributed by atoms with E-state index < -0.39 is 0 Å². The van der Waals surface area contributed by atoms with E-state index in [4.69, 9.17) is 16.3 Å². The van der Waals surface area contributed by atoms with Gasteiger partial charge in [-0.25, -0.2) is 0 Å². The third-order valence-electron chi connectivity index (χ3n) is 2.55. The van der Waals surface area contributed by atoms with Crippen LogP contribution in [0, 0.1) is 5.92 Å². The second-order valence-corrected chi connectivity index (χ2v) is 4.03. The zero-order valence-corrected chi connectivity index (χ0v) is 8.98. The molecule has 0 atom stereocenters. The highest BCUT2D eigenvalue weighted by Gasteiger charge is 2.13. The van der Waals surface area contributed by atoms with Gasteiger partial charge in [-0.1, -0.05) is 12.8 Å². The SMILES string of the molecule is ClCCOCCNCC1CCCC1. The van der Waals surface area contributed by atoms with Crippen molar-refractivity contribution in [3.63, 3.8) is 0 Å². The Morgan fingerprint density at radius 1 is 1.23 bits per heavy atom. The van der Waals surface area contributed by atoms with Gasteiger partial charge in [0, 0.05) is 12.4 Å². The average Bonchev–Trinajstić information content (AvgIpc) is 2.63. The highest BCUT2D eigenvalue weighted by atomic mass is 35.5. The quantitative estimate of drug-likeness (QED) is 0.507. The number of ether oxygens (including phenoxy) is 1. The normalized spacial score (nSPS) is 18.2. The summed E-state index contributed by atoms with van der Waals surface area (Å²) in [7, 11) is 0. The molecule has 13 heavy (non-hydrogen) atoms. The zero-order chi connectivity index (χ0) is 9.36. The fraction of sp³-hybridized carbons (Fsp3) is 1.00. The topological polar surface area (TPSA) is 21.3 Å². The van der Waals surface area contributed by atoms with Crippen molar-refractivity contribution >= 4 is 11.6 Å². The molecule has 1 aliphatic rings. The Kier molecular flexibility index (Phi) is 6.60. The number of rotatable bonds is 7. The first kappa shape index (κ1) is 11.3. The number of halogens is 1. The molecule has 0 unspecified atom stereocenters. The van der Waals surface area contributed by atoms with Gasteiger partial charge in [-0.2, -0.15) is 0 Å². The first-order valence-corrected chi connectivity index (χ1v) is 5.81. The molecule has 1 fully saturated rings. The lowest BCUT2D eigenvalue weighted by Gasteiger charge is -2.10. The molecular formula is C10H20ClNO. The summed E-state index contributed by atoms with van der Waals surface area (Å²) in [4.78, 5) is 0. The number of nitrogens with one attached hydrogen (secondary N) is 1. The number of alkyl halides is 1. The van der Waals surface area contributed by atoms with Crippen LogP contribution in [-0.2, 0) is 4.74 Å². The first-order chi connectivity index (χ1) is 6.43. The minimum Gasteiger partial charge on any atom is -0.379 e. The summed E-state index contributed by atoms with van der Waals surface area (Å²) in [5, 5.41) is 3.42. The van der Waals surface area contributed by atoms with Crippen LogP contribution in [0.5, 0.6) is 0 Å². The maximum Gasteiger partial charge on any atom is 0.0602 e. The lowest BCUT2D eigenvalue weighted by molar-refractivity contribution is 0.150. The molecule has 0 bridgehead atoms. The fourth-order valence-electron chi connectivity index (χ4n) is 1.82. The summed E-state index contributed by atoms with van der Waals surface area (Å²) < 4.78 is 5.25. The van der Waals surface area contributed by atoms with Crippen molar-refractivity contribution in [2.24, 2.45) is 5.92 Å². The smallest absolute Gasteiger partial charge is 0.0602 e. The molecule has 0 radical (unpaired) electrons. The van der Waals surface area contributed by atoms with Gasteiger partial charge in [0.2, 0.25) is 0 Å². The second kappa shape index (κ2) is 7.60. The molecule has 0 amide bonds. The van der Waals surface area contributed by atoms with E-state index in [2.05, 4.69) is 5.32 Å².